The van der Waals surface area contributed by atoms with Crippen molar-refractivity contribution in [3.05, 3.63) is 17.5 Å². The van der Waals surface area contributed by atoms with Crippen LogP contribution >= 0.6 is 0 Å². The van der Waals surface area contributed by atoms with Crippen LogP contribution < -0.4 is 0 Å². The standard InChI is InChI=1S/C12H18N2O2/c1-12(2,11(15)16)9-7-13-14-10(9)8-5-3-4-6-8/h7-8H,3-6H2,1-2H3,(H,13,14)(H,15,16). The van der Waals surface area contributed by atoms with Crippen LogP contribution in [0.5, 0.6) is 0 Å². The number of hydrogen-bond donors (Lipinski definition) is 2. The zero-order valence-electron chi connectivity index (χ0n) is 9.79. The first-order valence-electron chi connectivity index (χ1n) is 5.80. The molecule has 1 heterocycles. The highest BCUT2D eigenvalue weighted by molar-refractivity contribution is 5.80. The Morgan fingerprint density at radius 3 is 2.69 bits per heavy atom. The van der Waals surface area contributed by atoms with Gasteiger partial charge in [-0.05, 0) is 26.7 Å². The average molecular weight is 222 g/mol. The van der Waals surface area contributed by atoms with Crippen molar-refractivity contribution in [1.29, 1.82) is 0 Å². The van der Waals surface area contributed by atoms with Crippen LogP contribution in [0, 0.1) is 0 Å². The molecule has 16 heavy (non-hydrogen) atoms. The smallest absolute Gasteiger partial charge is 0.313 e. The fraction of sp³-hybridized carbons (Fsp3) is 0.667. The number of carboxylic acid groups (broad SMARTS) is 1. The molecule has 1 aromatic rings. The second-order valence-corrected chi connectivity index (χ2v) is 5.11. The fourth-order valence-electron chi connectivity index (χ4n) is 2.44. The molecule has 0 aromatic carbocycles. The van der Waals surface area contributed by atoms with Gasteiger partial charge in [-0.3, -0.25) is 9.89 Å². The van der Waals surface area contributed by atoms with Gasteiger partial charge in [0, 0.05) is 17.2 Å². The predicted octanol–water partition coefficient (Wildman–Crippen LogP) is 2.43. The lowest BCUT2D eigenvalue weighted by atomic mass is 9.82. The van der Waals surface area contributed by atoms with E-state index in [1.165, 1.54) is 12.8 Å². The Morgan fingerprint density at radius 2 is 2.12 bits per heavy atom. The molecule has 0 saturated heterocycles. The molecule has 0 unspecified atom stereocenters. The third-order valence-electron chi connectivity index (χ3n) is 3.64. The van der Waals surface area contributed by atoms with Crippen LogP contribution in [0.1, 0.15) is 56.7 Å². The first-order chi connectivity index (χ1) is 7.53. The molecule has 4 heteroatoms. The average Bonchev–Trinajstić information content (AvgIpc) is 2.88. The Balaban J connectivity index is 2.35. The molecule has 0 spiro atoms. The van der Waals surface area contributed by atoms with Crippen molar-refractivity contribution >= 4 is 5.97 Å². The monoisotopic (exact) mass is 222 g/mol. The zero-order valence-corrected chi connectivity index (χ0v) is 9.79. The van der Waals surface area contributed by atoms with Gasteiger partial charge in [0.2, 0.25) is 0 Å². The van der Waals surface area contributed by atoms with E-state index in [-0.39, 0.29) is 0 Å². The second kappa shape index (κ2) is 3.92. The molecule has 1 aromatic heterocycles. The van der Waals surface area contributed by atoms with Crippen LogP contribution in [-0.4, -0.2) is 21.3 Å². The Morgan fingerprint density at radius 1 is 1.50 bits per heavy atom. The summed E-state index contributed by atoms with van der Waals surface area (Å²) in [4.78, 5) is 11.2. The van der Waals surface area contributed by atoms with Gasteiger partial charge in [0.1, 0.15) is 0 Å². The molecule has 1 saturated carbocycles. The number of hydrogen-bond acceptors (Lipinski definition) is 2. The molecular weight excluding hydrogens is 204 g/mol. The third-order valence-corrected chi connectivity index (χ3v) is 3.64. The van der Waals surface area contributed by atoms with Gasteiger partial charge in [-0.15, -0.1) is 0 Å². The largest absolute Gasteiger partial charge is 0.481 e. The summed E-state index contributed by atoms with van der Waals surface area (Å²) in [7, 11) is 0. The zero-order chi connectivity index (χ0) is 11.8. The summed E-state index contributed by atoms with van der Waals surface area (Å²) in [5, 5.41) is 16.3. The number of aliphatic carboxylic acids is 1. The maximum Gasteiger partial charge on any atom is 0.313 e. The molecule has 0 atom stereocenters. The highest BCUT2D eigenvalue weighted by atomic mass is 16.4. The van der Waals surface area contributed by atoms with Crippen LogP contribution in [0.4, 0.5) is 0 Å². The number of rotatable bonds is 3. The molecule has 0 amide bonds. The third kappa shape index (κ3) is 1.72. The number of aromatic nitrogens is 2. The van der Waals surface area contributed by atoms with Crippen LogP contribution in [0.25, 0.3) is 0 Å². The second-order valence-electron chi connectivity index (χ2n) is 5.11. The summed E-state index contributed by atoms with van der Waals surface area (Å²) in [5.41, 5.74) is 1.02. The predicted molar refractivity (Wildman–Crippen MR) is 60.5 cm³/mol. The lowest BCUT2D eigenvalue weighted by Gasteiger charge is -2.21. The maximum atomic E-state index is 11.2. The summed E-state index contributed by atoms with van der Waals surface area (Å²) in [6.45, 7) is 3.47. The minimum absolute atomic E-state index is 0.469. The SMILES string of the molecule is CC(C)(C(=O)O)c1cn[nH]c1C1CCCC1. The molecule has 0 aliphatic heterocycles. The summed E-state index contributed by atoms with van der Waals surface area (Å²) < 4.78 is 0. The number of carboxylic acids is 1. The number of nitrogens with zero attached hydrogens (tertiary/aromatic N) is 1. The van der Waals surface area contributed by atoms with Crippen molar-refractivity contribution < 1.29 is 9.90 Å². The van der Waals surface area contributed by atoms with Gasteiger partial charge in [0.25, 0.3) is 0 Å². The van der Waals surface area contributed by atoms with Gasteiger partial charge < -0.3 is 5.11 Å². The van der Waals surface area contributed by atoms with Crippen molar-refractivity contribution in [2.75, 3.05) is 0 Å². The first-order valence-corrected chi connectivity index (χ1v) is 5.80. The van der Waals surface area contributed by atoms with E-state index in [4.69, 9.17) is 0 Å². The molecule has 1 aliphatic rings. The number of carbonyl (C=O) groups is 1. The molecule has 1 aliphatic carbocycles. The van der Waals surface area contributed by atoms with E-state index in [0.29, 0.717) is 5.92 Å². The van der Waals surface area contributed by atoms with E-state index in [1.54, 1.807) is 20.0 Å². The minimum atomic E-state index is -0.856. The first kappa shape index (κ1) is 11.2. The van der Waals surface area contributed by atoms with Gasteiger partial charge >= 0.3 is 5.97 Å². The normalized spacial score (nSPS) is 17.9. The topological polar surface area (TPSA) is 66.0 Å². The Bertz CT molecular complexity index is 389. The van der Waals surface area contributed by atoms with E-state index in [9.17, 15) is 9.90 Å². The van der Waals surface area contributed by atoms with Crippen molar-refractivity contribution in [1.82, 2.24) is 10.2 Å². The molecule has 2 rings (SSSR count). The molecule has 0 bridgehead atoms. The van der Waals surface area contributed by atoms with Crippen LogP contribution in [-0.2, 0) is 10.2 Å². The van der Waals surface area contributed by atoms with E-state index in [0.717, 1.165) is 24.1 Å². The van der Waals surface area contributed by atoms with Gasteiger partial charge in [0.05, 0.1) is 11.6 Å². The summed E-state index contributed by atoms with van der Waals surface area (Å²) in [6, 6.07) is 0. The lowest BCUT2D eigenvalue weighted by Crippen LogP contribution is -2.29. The number of H-pyrrole nitrogens is 1. The summed E-state index contributed by atoms with van der Waals surface area (Å²) in [5.74, 6) is -0.329. The highest BCUT2D eigenvalue weighted by Crippen LogP contribution is 2.38. The van der Waals surface area contributed by atoms with E-state index >= 15 is 0 Å². The van der Waals surface area contributed by atoms with Gasteiger partial charge in [-0.1, -0.05) is 12.8 Å². The maximum absolute atomic E-state index is 11.2. The van der Waals surface area contributed by atoms with Crippen molar-refractivity contribution in [3.63, 3.8) is 0 Å². The number of aromatic amines is 1. The Kier molecular flexibility index (Phi) is 2.74. The minimum Gasteiger partial charge on any atom is -0.481 e. The molecule has 0 radical (unpaired) electrons. The quantitative estimate of drug-likeness (QED) is 0.825. The summed E-state index contributed by atoms with van der Waals surface area (Å²) in [6.07, 6.45) is 6.42. The van der Waals surface area contributed by atoms with Crippen molar-refractivity contribution in [3.8, 4) is 0 Å². The van der Waals surface area contributed by atoms with E-state index in [1.807, 2.05) is 0 Å². The fourth-order valence-corrected chi connectivity index (χ4v) is 2.44. The molecule has 1 fully saturated rings. The molecular formula is C12H18N2O2. The molecule has 88 valence electrons. The Hall–Kier alpha value is -1.32. The van der Waals surface area contributed by atoms with Crippen LogP contribution in [0.3, 0.4) is 0 Å². The lowest BCUT2D eigenvalue weighted by molar-refractivity contribution is -0.142. The van der Waals surface area contributed by atoms with Crippen molar-refractivity contribution in [2.24, 2.45) is 0 Å². The van der Waals surface area contributed by atoms with E-state index in [2.05, 4.69) is 10.2 Å². The number of nitrogens with one attached hydrogen (secondary N) is 1. The van der Waals surface area contributed by atoms with Gasteiger partial charge in [-0.25, -0.2) is 0 Å². The Labute approximate surface area is 95.1 Å². The van der Waals surface area contributed by atoms with Crippen LogP contribution in [0.2, 0.25) is 0 Å². The van der Waals surface area contributed by atoms with Gasteiger partial charge in [-0.2, -0.15) is 5.10 Å². The van der Waals surface area contributed by atoms with Crippen LogP contribution in [0.15, 0.2) is 6.20 Å². The molecule has 2 N–H and O–H groups in total. The molecule has 4 nitrogen and oxygen atoms in total. The van der Waals surface area contributed by atoms with Crippen molar-refractivity contribution in [2.45, 2.75) is 50.9 Å². The van der Waals surface area contributed by atoms with E-state index < -0.39 is 11.4 Å². The highest BCUT2D eigenvalue weighted by Gasteiger charge is 2.35. The summed E-state index contributed by atoms with van der Waals surface area (Å²) >= 11 is 0. The van der Waals surface area contributed by atoms with Gasteiger partial charge in [0.15, 0.2) is 0 Å².